The molecule has 0 saturated heterocycles. The number of aromatic nitrogens is 1. The fourth-order valence-corrected chi connectivity index (χ4v) is 2.37. The van der Waals surface area contributed by atoms with E-state index in [4.69, 9.17) is 27.5 Å². The molecule has 0 atom stereocenters. The topological polar surface area (TPSA) is 78.1 Å². The molecule has 4 nitrogen and oxygen atoms in total. The Balaban J connectivity index is 2.42. The van der Waals surface area contributed by atoms with Crippen LogP contribution in [-0.2, 0) is 0 Å². The number of hydrogen-bond donors (Lipinski definition) is 2. The van der Waals surface area contributed by atoms with Crippen molar-refractivity contribution in [1.82, 2.24) is 4.98 Å². The molecule has 3 aromatic rings. The summed E-state index contributed by atoms with van der Waals surface area (Å²) in [5.74, 6) is -1.70. The smallest absolute Gasteiger partial charge is 0.214 e. The van der Waals surface area contributed by atoms with E-state index in [1.54, 1.807) is 6.92 Å². The molecule has 2 heterocycles. The van der Waals surface area contributed by atoms with Crippen molar-refractivity contribution in [2.45, 2.75) is 6.92 Å². The van der Waals surface area contributed by atoms with Crippen LogP contribution in [-0.4, -0.2) is 4.98 Å². The summed E-state index contributed by atoms with van der Waals surface area (Å²) in [6.07, 6.45) is 1.43. The zero-order valence-electron chi connectivity index (χ0n) is 10.9. The summed E-state index contributed by atoms with van der Waals surface area (Å²) in [6, 6.07) is 2.34. The van der Waals surface area contributed by atoms with Gasteiger partial charge in [-0.1, -0.05) is 11.6 Å². The molecule has 0 unspecified atom stereocenters. The summed E-state index contributed by atoms with van der Waals surface area (Å²) in [5.41, 5.74) is 13.1. The molecule has 0 aliphatic rings. The second-order valence-electron chi connectivity index (χ2n) is 4.56. The van der Waals surface area contributed by atoms with E-state index < -0.39 is 16.7 Å². The lowest BCUT2D eigenvalue weighted by molar-refractivity contribution is 0.586. The normalized spacial score (nSPS) is 11.2. The molecule has 0 amide bonds. The third kappa shape index (κ3) is 1.91. The highest BCUT2D eigenvalue weighted by Crippen LogP contribution is 2.40. The van der Waals surface area contributed by atoms with Gasteiger partial charge in [0.1, 0.15) is 16.5 Å². The third-order valence-corrected chi connectivity index (χ3v) is 3.63. The standard InChI is InChI=1S/C14H10ClF2N3O/c1-5-13-9(12(18)14(19)21-13)7(4-20-5)6-2-3-8(16)10(15)11(6)17/h2-4H,18-19H2,1H3. The summed E-state index contributed by atoms with van der Waals surface area (Å²) in [5, 5.41) is -0.155. The molecule has 2 aromatic heterocycles. The largest absolute Gasteiger partial charge is 0.437 e. The highest BCUT2D eigenvalue weighted by molar-refractivity contribution is 6.31. The van der Waals surface area contributed by atoms with Gasteiger partial charge in [-0.15, -0.1) is 0 Å². The van der Waals surface area contributed by atoms with E-state index in [-0.39, 0.29) is 17.1 Å². The van der Waals surface area contributed by atoms with Crippen LogP contribution in [0.2, 0.25) is 5.02 Å². The predicted molar refractivity (Wildman–Crippen MR) is 77.9 cm³/mol. The number of fused-ring (bicyclic) bond motifs is 1. The number of aryl methyl sites for hydroxylation is 1. The van der Waals surface area contributed by atoms with Gasteiger partial charge in [0.2, 0.25) is 5.88 Å². The predicted octanol–water partition coefficient (Wildman–Crippen LogP) is 3.90. The Labute approximate surface area is 123 Å². The summed E-state index contributed by atoms with van der Waals surface area (Å²) in [4.78, 5) is 4.12. The average Bonchev–Trinajstić information content (AvgIpc) is 2.75. The average molecular weight is 310 g/mol. The maximum Gasteiger partial charge on any atom is 0.214 e. The molecular formula is C14H10ClF2N3O. The Kier molecular flexibility index (Phi) is 2.98. The molecule has 0 saturated carbocycles. The minimum absolute atomic E-state index is 0.0240. The molecule has 4 N–H and O–H groups in total. The first kappa shape index (κ1) is 13.6. The van der Waals surface area contributed by atoms with Gasteiger partial charge in [-0.2, -0.15) is 0 Å². The Morgan fingerprint density at radius 2 is 1.90 bits per heavy atom. The number of anilines is 2. The van der Waals surface area contributed by atoms with Crippen molar-refractivity contribution in [3.05, 3.63) is 40.7 Å². The van der Waals surface area contributed by atoms with E-state index in [0.717, 1.165) is 6.07 Å². The highest BCUT2D eigenvalue weighted by Gasteiger charge is 2.21. The zero-order chi connectivity index (χ0) is 15.3. The van der Waals surface area contributed by atoms with E-state index in [9.17, 15) is 8.78 Å². The second-order valence-corrected chi connectivity index (χ2v) is 4.94. The van der Waals surface area contributed by atoms with Gasteiger partial charge in [0.25, 0.3) is 0 Å². The van der Waals surface area contributed by atoms with Crippen molar-refractivity contribution in [2.24, 2.45) is 0 Å². The van der Waals surface area contributed by atoms with Crippen molar-refractivity contribution in [3.8, 4) is 11.1 Å². The first-order valence-electron chi connectivity index (χ1n) is 5.98. The molecule has 108 valence electrons. The number of pyridine rings is 1. The van der Waals surface area contributed by atoms with Crippen LogP contribution < -0.4 is 11.5 Å². The monoisotopic (exact) mass is 309 g/mol. The molecule has 0 spiro atoms. The summed E-state index contributed by atoms with van der Waals surface area (Å²) in [7, 11) is 0. The number of benzene rings is 1. The molecule has 0 fully saturated rings. The Morgan fingerprint density at radius 3 is 2.62 bits per heavy atom. The van der Waals surface area contributed by atoms with Gasteiger partial charge >= 0.3 is 0 Å². The van der Waals surface area contributed by atoms with Gasteiger partial charge in [0.15, 0.2) is 11.4 Å². The van der Waals surface area contributed by atoms with Gasteiger partial charge in [0, 0.05) is 17.3 Å². The number of nitrogens with zero attached hydrogens (tertiary/aromatic N) is 1. The molecule has 0 aliphatic carbocycles. The van der Waals surface area contributed by atoms with Crippen LogP contribution in [0, 0.1) is 18.6 Å². The van der Waals surface area contributed by atoms with Crippen LogP contribution in [0.3, 0.4) is 0 Å². The quantitative estimate of drug-likeness (QED) is 0.668. The van der Waals surface area contributed by atoms with Crippen LogP contribution in [0.5, 0.6) is 0 Å². The molecule has 1 aromatic carbocycles. The van der Waals surface area contributed by atoms with E-state index in [1.807, 2.05) is 0 Å². The molecule has 0 radical (unpaired) electrons. The lowest BCUT2D eigenvalue weighted by Gasteiger charge is -2.08. The van der Waals surface area contributed by atoms with Crippen molar-refractivity contribution in [3.63, 3.8) is 0 Å². The maximum absolute atomic E-state index is 14.2. The van der Waals surface area contributed by atoms with Crippen LogP contribution in [0.25, 0.3) is 22.1 Å². The number of nitrogen functional groups attached to an aromatic ring is 2. The maximum atomic E-state index is 14.2. The molecule has 0 aliphatic heterocycles. The summed E-state index contributed by atoms with van der Waals surface area (Å²) >= 11 is 5.61. The van der Waals surface area contributed by atoms with Crippen molar-refractivity contribution >= 4 is 34.1 Å². The molecule has 21 heavy (non-hydrogen) atoms. The molecule has 7 heteroatoms. The Bertz CT molecular complexity index is 877. The van der Waals surface area contributed by atoms with Crippen molar-refractivity contribution in [2.75, 3.05) is 11.5 Å². The van der Waals surface area contributed by atoms with Gasteiger partial charge in [-0.25, -0.2) is 8.78 Å². The molecular weight excluding hydrogens is 300 g/mol. The van der Waals surface area contributed by atoms with E-state index in [2.05, 4.69) is 4.98 Å². The van der Waals surface area contributed by atoms with Crippen molar-refractivity contribution < 1.29 is 13.2 Å². The number of nitrogens with two attached hydrogens (primary N) is 2. The number of furan rings is 1. The SMILES string of the molecule is Cc1ncc(-c2ccc(F)c(Cl)c2F)c2c(N)c(N)oc12. The summed E-state index contributed by atoms with van der Waals surface area (Å²) in [6.45, 7) is 1.71. The first-order valence-corrected chi connectivity index (χ1v) is 6.36. The highest BCUT2D eigenvalue weighted by atomic mass is 35.5. The Morgan fingerprint density at radius 1 is 1.19 bits per heavy atom. The van der Waals surface area contributed by atoms with Gasteiger partial charge in [0.05, 0.1) is 11.1 Å². The molecule has 0 bridgehead atoms. The number of halogens is 3. The second kappa shape index (κ2) is 4.60. The van der Waals surface area contributed by atoms with Gasteiger partial charge in [-0.3, -0.25) is 4.98 Å². The number of rotatable bonds is 1. The van der Waals surface area contributed by atoms with E-state index >= 15 is 0 Å². The first-order chi connectivity index (χ1) is 9.91. The molecule has 3 rings (SSSR count). The zero-order valence-corrected chi connectivity index (χ0v) is 11.6. The number of hydrogen-bond acceptors (Lipinski definition) is 4. The van der Waals surface area contributed by atoms with Gasteiger partial charge < -0.3 is 15.9 Å². The van der Waals surface area contributed by atoms with Crippen LogP contribution in [0.1, 0.15) is 5.69 Å². The van der Waals surface area contributed by atoms with Gasteiger partial charge in [-0.05, 0) is 19.1 Å². The minimum Gasteiger partial charge on any atom is -0.437 e. The lowest BCUT2D eigenvalue weighted by Crippen LogP contribution is -1.94. The lowest BCUT2D eigenvalue weighted by atomic mass is 10.0. The van der Waals surface area contributed by atoms with Crippen LogP contribution >= 0.6 is 11.6 Å². The van der Waals surface area contributed by atoms with Crippen LogP contribution in [0.15, 0.2) is 22.7 Å². The van der Waals surface area contributed by atoms with E-state index in [1.165, 1.54) is 12.3 Å². The fraction of sp³-hybridized carbons (Fsp3) is 0.0714. The van der Waals surface area contributed by atoms with E-state index in [0.29, 0.717) is 22.2 Å². The minimum atomic E-state index is -0.886. The van der Waals surface area contributed by atoms with Crippen LogP contribution in [0.4, 0.5) is 20.4 Å². The third-order valence-electron chi connectivity index (χ3n) is 3.28. The van der Waals surface area contributed by atoms with Crippen molar-refractivity contribution in [1.29, 1.82) is 0 Å². The fourth-order valence-electron chi connectivity index (χ4n) is 2.21. The Hall–Kier alpha value is -2.34. The summed E-state index contributed by atoms with van der Waals surface area (Å²) < 4.78 is 32.8.